The molecule has 1 heterocycles. The second kappa shape index (κ2) is 6.35. The zero-order valence-corrected chi connectivity index (χ0v) is 14.7. The van der Waals surface area contributed by atoms with Crippen LogP contribution >= 0.6 is 24.0 Å². The van der Waals surface area contributed by atoms with Gasteiger partial charge >= 0.3 is 0 Å². The summed E-state index contributed by atoms with van der Waals surface area (Å²) in [4.78, 5) is 15.0. The van der Waals surface area contributed by atoms with E-state index in [0.717, 1.165) is 16.5 Å². The van der Waals surface area contributed by atoms with Crippen LogP contribution in [0, 0.1) is 0 Å². The third-order valence-electron chi connectivity index (χ3n) is 4.02. The molecule has 1 aliphatic heterocycles. The smallest absolute Gasteiger partial charge is 0.270 e. The van der Waals surface area contributed by atoms with Crippen LogP contribution in [-0.2, 0) is 4.79 Å². The van der Waals surface area contributed by atoms with Crippen LogP contribution in [0.15, 0.2) is 71.6 Å². The van der Waals surface area contributed by atoms with E-state index < -0.39 is 0 Å². The number of thioether (sulfide) groups is 1. The Bertz CT molecular complexity index is 1040. The van der Waals surface area contributed by atoms with E-state index >= 15 is 0 Å². The molecule has 0 aliphatic carbocycles. The van der Waals surface area contributed by atoms with Crippen LogP contribution in [0.2, 0.25) is 0 Å². The van der Waals surface area contributed by atoms with Crippen molar-refractivity contribution in [1.29, 1.82) is 0 Å². The number of benzene rings is 3. The average Bonchev–Trinajstić information content (AvgIpc) is 2.90. The number of hydrogen-bond acceptors (Lipinski definition) is 4. The van der Waals surface area contributed by atoms with Gasteiger partial charge in [0.05, 0.1) is 10.6 Å². The fourth-order valence-electron chi connectivity index (χ4n) is 2.83. The van der Waals surface area contributed by atoms with E-state index in [0.29, 0.717) is 14.8 Å². The summed E-state index contributed by atoms with van der Waals surface area (Å²) in [6, 6.07) is 20.6. The number of phenols is 1. The minimum atomic E-state index is -0.172. The second-order valence-electron chi connectivity index (χ2n) is 5.57. The lowest BCUT2D eigenvalue weighted by Gasteiger charge is -2.17. The number of rotatable bonds is 2. The van der Waals surface area contributed by atoms with Crippen LogP contribution in [0.1, 0.15) is 5.56 Å². The standard InChI is InChI=1S/C20H13NO2S2/c22-17-11-4-2-7-14(17)12-18-19(23)21(20(24)25-18)16-10-5-8-13-6-1-3-9-15(13)16/h1-12,22H/b18-12-. The highest BCUT2D eigenvalue weighted by molar-refractivity contribution is 8.27. The molecule has 5 heteroatoms. The minimum absolute atomic E-state index is 0.137. The summed E-state index contributed by atoms with van der Waals surface area (Å²) < 4.78 is 0.489. The lowest BCUT2D eigenvalue weighted by atomic mass is 10.1. The molecule has 0 radical (unpaired) electrons. The number of hydrogen-bond donors (Lipinski definition) is 1. The predicted molar refractivity (Wildman–Crippen MR) is 108 cm³/mol. The van der Waals surface area contributed by atoms with Crippen molar-refractivity contribution in [2.24, 2.45) is 0 Å². The van der Waals surface area contributed by atoms with E-state index in [1.165, 1.54) is 11.8 Å². The fraction of sp³-hybridized carbons (Fsp3) is 0. The van der Waals surface area contributed by atoms with E-state index in [4.69, 9.17) is 12.2 Å². The number of carbonyl (C=O) groups excluding carboxylic acids is 1. The number of phenolic OH excluding ortho intramolecular Hbond substituents is 1. The van der Waals surface area contributed by atoms with Gasteiger partial charge in [0.25, 0.3) is 5.91 Å². The molecule has 0 spiro atoms. The number of fused-ring (bicyclic) bond motifs is 1. The van der Waals surface area contributed by atoms with Crippen molar-refractivity contribution in [3.05, 3.63) is 77.2 Å². The molecule has 0 atom stereocenters. The molecule has 0 saturated carbocycles. The highest BCUT2D eigenvalue weighted by atomic mass is 32.2. The first-order chi connectivity index (χ1) is 12.1. The molecule has 0 bridgehead atoms. The van der Waals surface area contributed by atoms with Gasteiger partial charge in [-0.05, 0) is 23.6 Å². The molecule has 4 rings (SSSR count). The first-order valence-corrected chi connectivity index (χ1v) is 8.91. The first-order valence-electron chi connectivity index (χ1n) is 7.69. The van der Waals surface area contributed by atoms with Crippen LogP contribution in [0.25, 0.3) is 16.8 Å². The van der Waals surface area contributed by atoms with Crippen LogP contribution in [0.3, 0.4) is 0 Å². The monoisotopic (exact) mass is 363 g/mol. The van der Waals surface area contributed by atoms with Gasteiger partial charge in [0, 0.05) is 10.9 Å². The molecule has 3 aromatic rings. The number of para-hydroxylation sites is 1. The van der Waals surface area contributed by atoms with Crippen LogP contribution in [-0.4, -0.2) is 15.3 Å². The third kappa shape index (κ3) is 2.81. The molecule has 122 valence electrons. The zero-order valence-electron chi connectivity index (χ0n) is 13.0. The molecular weight excluding hydrogens is 350 g/mol. The van der Waals surface area contributed by atoms with E-state index in [2.05, 4.69) is 0 Å². The lowest BCUT2D eigenvalue weighted by Crippen LogP contribution is -2.27. The van der Waals surface area contributed by atoms with Crippen LogP contribution < -0.4 is 4.90 Å². The van der Waals surface area contributed by atoms with E-state index in [1.807, 2.05) is 48.5 Å². The number of aromatic hydroxyl groups is 1. The molecule has 3 nitrogen and oxygen atoms in total. The predicted octanol–water partition coefficient (Wildman–Crippen LogP) is 4.95. The average molecular weight is 363 g/mol. The van der Waals surface area contributed by atoms with Crippen molar-refractivity contribution in [1.82, 2.24) is 0 Å². The van der Waals surface area contributed by atoms with E-state index in [-0.39, 0.29) is 11.7 Å². The molecular formula is C20H13NO2S2. The molecule has 1 saturated heterocycles. The van der Waals surface area contributed by atoms with Gasteiger partial charge in [0.15, 0.2) is 4.32 Å². The van der Waals surface area contributed by atoms with Crippen molar-refractivity contribution in [3.63, 3.8) is 0 Å². The number of anilines is 1. The lowest BCUT2D eigenvalue weighted by molar-refractivity contribution is -0.113. The maximum Gasteiger partial charge on any atom is 0.270 e. The number of carbonyl (C=O) groups is 1. The van der Waals surface area contributed by atoms with Gasteiger partial charge in [-0.15, -0.1) is 0 Å². The largest absolute Gasteiger partial charge is 0.507 e. The summed E-state index contributed by atoms with van der Waals surface area (Å²) in [6.45, 7) is 0. The summed E-state index contributed by atoms with van der Waals surface area (Å²) in [6.07, 6.45) is 1.68. The molecule has 1 aliphatic rings. The first kappa shape index (κ1) is 15.9. The highest BCUT2D eigenvalue weighted by Gasteiger charge is 2.34. The van der Waals surface area contributed by atoms with Gasteiger partial charge in [0.1, 0.15) is 5.75 Å². The fourth-order valence-corrected chi connectivity index (χ4v) is 4.11. The van der Waals surface area contributed by atoms with Crippen molar-refractivity contribution >= 4 is 56.7 Å². The van der Waals surface area contributed by atoms with E-state index in [9.17, 15) is 9.90 Å². The zero-order chi connectivity index (χ0) is 17.4. The summed E-state index contributed by atoms with van der Waals surface area (Å²) in [7, 11) is 0. The summed E-state index contributed by atoms with van der Waals surface area (Å²) in [5.74, 6) is -0.0347. The SMILES string of the molecule is O=C1/C(=C/c2ccccc2O)SC(=S)N1c1cccc2ccccc12. The van der Waals surface area contributed by atoms with Gasteiger partial charge in [0.2, 0.25) is 0 Å². The van der Waals surface area contributed by atoms with Crippen molar-refractivity contribution in [2.45, 2.75) is 0 Å². The number of amides is 1. The van der Waals surface area contributed by atoms with Gasteiger partial charge in [-0.25, -0.2) is 0 Å². The Kier molecular flexibility index (Phi) is 4.03. The van der Waals surface area contributed by atoms with Gasteiger partial charge in [-0.3, -0.25) is 9.69 Å². The Morgan fingerprint density at radius 3 is 2.52 bits per heavy atom. The maximum atomic E-state index is 12.9. The van der Waals surface area contributed by atoms with Crippen molar-refractivity contribution in [3.8, 4) is 5.75 Å². The molecule has 0 unspecified atom stereocenters. The van der Waals surface area contributed by atoms with E-state index in [1.54, 1.807) is 29.2 Å². The topological polar surface area (TPSA) is 40.5 Å². The van der Waals surface area contributed by atoms with Crippen LogP contribution in [0.5, 0.6) is 5.75 Å². The number of thiocarbonyl (C=S) groups is 1. The van der Waals surface area contributed by atoms with Gasteiger partial charge in [-0.1, -0.05) is 78.6 Å². The molecule has 1 N–H and O–H groups in total. The maximum absolute atomic E-state index is 12.9. The molecule has 1 fully saturated rings. The Hall–Kier alpha value is -2.63. The summed E-state index contributed by atoms with van der Waals surface area (Å²) in [5.41, 5.74) is 1.38. The molecule has 3 aromatic carbocycles. The summed E-state index contributed by atoms with van der Waals surface area (Å²) in [5, 5.41) is 12.0. The van der Waals surface area contributed by atoms with Crippen molar-refractivity contribution in [2.75, 3.05) is 4.90 Å². The third-order valence-corrected chi connectivity index (χ3v) is 5.33. The Morgan fingerprint density at radius 2 is 1.68 bits per heavy atom. The molecule has 25 heavy (non-hydrogen) atoms. The second-order valence-corrected chi connectivity index (χ2v) is 7.25. The minimum Gasteiger partial charge on any atom is -0.507 e. The summed E-state index contributed by atoms with van der Waals surface area (Å²) >= 11 is 6.70. The van der Waals surface area contributed by atoms with Crippen molar-refractivity contribution < 1.29 is 9.90 Å². The molecule has 1 amide bonds. The van der Waals surface area contributed by atoms with Gasteiger partial charge < -0.3 is 5.11 Å². The Labute approximate surface area is 154 Å². The Balaban J connectivity index is 1.79. The Morgan fingerprint density at radius 1 is 0.960 bits per heavy atom. The number of nitrogens with zero attached hydrogens (tertiary/aromatic N) is 1. The quantitative estimate of drug-likeness (QED) is 0.516. The highest BCUT2D eigenvalue weighted by Crippen LogP contribution is 2.39. The van der Waals surface area contributed by atoms with Crippen LogP contribution in [0.4, 0.5) is 5.69 Å². The van der Waals surface area contributed by atoms with Gasteiger partial charge in [-0.2, -0.15) is 0 Å². The normalized spacial score (nSPS) is 16.2. The molecule has 0 aromatic heterocycles.